The maximum atomic E-state index is 5.48. The van der Waals surface area contributed by atoms with Gasteiger partial charge in [0.2, 0.25) is 0 Å². The Hall–Kier alpha value is -2.18. The number of para-hydroxylation sites is 2. The number of hydrogen-bond donors (Lipinski definition) is 3. The van der Waals surface area contributed by atoms with Gasteiger partial charge in [0.05, 0.1) is 0 Å². The average Bonchev–Trinajstić information content (AvgIpc) is 2.60. The molecule has 0 bridgehead atoms. The second-order valence-electron chi connectivity index (χ2n) is 5.12. The summed E-state index contributed by atoms with van der Waals surface area (Å²) in [6.45, 7) is 4.40. The fourth-order valence-corrected chi connectivity index (χ4v) is 2.69. The van der Waals surface area contributed by atoms with E-state index in [4.69, 9.17) is 24.4 Å². The second-order valence-corrected chi connectivity index (χ2v) is 5.92. The highest BCUT2D eigenvalue weighted by Crippen LogP contribution is 2.07. The number of thiocarbonyl (C=S) groups is 2. The first-order valence-corrected chi connectivity index (χ1v) is 8.71. The first-order valence-electron chi connectivity index (χ1n) is 7.90. The lowest BCUT2D eigenvalue weighted by Crippen LogP contribution is -2.41. The summed E-state index contributed by atoms with van der Waals surface area (Å²) >= 11 is 10.8. The van der Waals surface area contributed by atoms with E-state index in [1.165, 1.54) is 0 Å². The van der Waals surface area contributed by atoms with Crippen LogP contribution in [-0.2, 0) is 0 Å². The SMILES string of the molecule is CCN(CCNC(=S)Nc1ccccc1)C(=S)Nc1ccccc1. The molecule has 2 aromatic carbocycles. The van der Waals surface area contributed by atoms with Crippen LogP contribution in [0.15, 0.2) is 60.7 Å². The van der Waals surface area contributed by atoms with E-state index in [0.29, 0.717) is 16.8 Å². The lowest BCUT2D eigenvalue weighted by atomic mass is 10.3. The number of likely N-dealkylation sites (N-methyl/N-ethyl adjacent to an activating group) is 1. The van der Waals surface area contributed by atoms with Crippen LogP contribution in [0.25, 0.3) is 0 Å². The third kappa shape index (κ3) is 6.14. The topological polar surface area (TPSA) is 39.3 Å². The minimum Gasteiger partial charge on any atom is -0.361 e. The van der Waals surface area contributed by atoms with E-state index in [0.717, 1.165) is 24.5 Å². The van der Waals surface area contributed by atoms with Gasteiger partial charge in [-0.3, -0.25) is 0 Å². The summed E-state index contributed by atoms with van der Waals surface area (Å²) in [5.41, 5.74) is 1.97. The molecule has 0 amide bonds. The summed E-state index contributed by atoms with van der Waals surface area (Å²) < 4.78 is 0. The van der Waals surface area contributed by atoms with E-state index in [-0.39, 0.29) is 0 Å². The molecule has 0 aliphatic rings. The van der Waals surface area contributed by atoms with Crippen LogP contribution in [0.2, 0.25) is 0 Å². The number of anilines is 2. The summed E-state index contributed by atoms with van der Waals surface area (Å²) in [6.07, 6.45) is 0. The molecule has 4 nitrogen and oxygen atoms in total. The van der Waals surface area contributed by atoms with Crippen molar-refractivity contribution >= 4 is 46.0 Å². The highest BCUT2D eigenvalue weighted by Gasteiger charge is 2.07. The smallest absolute Gasteiger partial charge is 0.173 e. The van der Waals surface area contributed by atoms with E-state index < -0.39 is 0 Å². The molecule has 0 aromatic heterocycles. The van der Waals surface area contributed by atoms with Crippen molar-refractivity contribution in [1.82, 2.24) is 10.2 Å². The lowest BCUT2D eigenvalue weighted by molar-refractivity contribution is 0.450. The number of rotatable bonds is 6. The van der Waals surface area contributed by atoms with Gasteiger partial charge in [0, 0.05) is 31.0 Å². The molecule has 0 heterocycles. The van der Waals surface area contributed by atoms with Crippen molar-refractivity contribution in [3.8, 4) is 0 Å². The van der Waals surface area contributed by atoms with Crippen molar-refractivity contribution in [3.05, 3.63) is 60.7 Å². The molecule has 0 spiro atoms. The minimum atomic E-state index is 0.610. The summed E-state index contributed by atoms with van der Waals surface area (Å²) in [6, 6.07) is 19.8. The van der Waals surface area contributed by atoms with Crippen LogP contribution in [0, 0.1) is 0 Å². The van der Waals surface area contributed by atoms with E-state index in [2.05, 4.69) is 27.8 Å². The Bertz CT molecular complexity index is 647. The highest BCUT2D eigenvalue weighted by molar-refractivity contribution is 7.80. The summed E-state index contributed by atoms with van der Waals surface area (Å²) in [5, 5.41) is 10.9. The molecule has 0 saturated heterocycles. The van der Waals surface area contributed by atoms with Gasteiger partial charge in [-0.2, -0.15) is 0 Å². The van der Waals surface area contributed by atoms with Crippen LogP contribution >= 0.6 is 24.4 Å². The number of nitrogens with zero attached hydrogens (tertiary/aromatic N) is 1. The Balaban J connectivity index is 1.74. The van der Waals surface area contributed by atoms with E-state index in [9.17, 15) is 0 Å². The first kappa shape index (κ1) is 18.2. The van der Waals surface area contributed by atoms with Gasteiger partial charge in [-0.1, -0.05) is 36.4 Å². The van der Waals surface area contributed by atoms with Gasteiger partial charge in [-0.25, -0.2) is 0 Å². The Kier molecular flexibility index (Phi) is 7.45. The zero-order valence-electron chi connectivity index (χ0n) is 13.7. The quantitative estimate of drug-likeness (QED) is 0.684. The van der Waals surface area contributed by atoms with Gasteiger partial charge in [0.1, 0.15) is 0 Å². The lowest BCUT2D eigenvalue weighted by Gasteiger charge is -2.24. The Morgan fingerprint density at radius 3 is 1.96 bits per heavy atom. The molecule has 0 unspecified atom stereocenters. The van der Waals surface area contributed by atoms with Crippen LogP contribution in [0.4, 0.5) is 11.4 Å². The van der Waals surface area contributed by atoms with Crippen LogP contribution in [0.1, 0.15) is 6.92 Å². The zero-order chi connectivity index (χ0) is 17.2. The van der Waals surface area contributed by atoms with Gasteiger partial charge in [-0.15, -0.1) is 0 Å². The van der Waals surface area contributed by atoms with Crippen molar-refractivity contribution in [1.29, 1.82) is 0 Å². The largest absolute Gasteiger partial charge is 0.361 e. The molecule has 0 atom stereocenters. The zero-order valence-corrected chi connectivity index (χ0v) is 15.3. The van der Waals surface area contributed by atoms with Crippen molar-refractivity contribution < 1.29 is 0 Å². The van der Waals surface area contributed by atoms with E-state index in [1.807, 2.05) is 60.7 Å². The average molecular weight is 359 g/mol. The fraction of sp³-hybridized carbons (Fsp3) is 0.222. The fourth-order valence-electron chi connectivity index (χ4n) is 2.13. The number of benzene rings is 2. The molecular formula is C18H22N4S2. The molecule has 0 fully saturated rings. The van der Waals surface area contributed by atoms with Gasteiger partial charge in [-0.05, 0) is 55.6 Å². The molecule has 126 valence electrons. The Morgan fingerprint density at radius 2 is 1.42 bits per heavy atom. The molecule has 2 rings (SSSR count). The predicted molar refractivity (Wildman–Crippen MR) is 111 cm³/mol. The van der Waals surface area contributed by atoms with Crippen LogP contribution in [0.3, 0.4) is 0 Å². The van der Waals surface area contributed by atoms with Gasteiger partial charge < -0.3 is 20.9 Å². The third-order valence-electron chi connectivity index (χ3n) is 3.39. The first-order chi connectivity index (χ1) is 11.7. The van der Waals surface area contributed by atoms with Gasteiger partial charge in [0.15, 0.2) is 10.2 Å². The number of hydrogen-bond acceptors (Lipinski definition) is 2. The third-order valence-corrected chi connectivity index (χ3v) is 4.00. The monoisotopic (exact) mass is 358 g/mol. The van der Waals surface area contributed by atoms with Crippen LogP contribution in [0.5, 0.6) is 0 Å². The van der Waals surface area contributed by atoms with E-state index >= 15 is 0 Å². The standard InChI is InChI=1S/C18H22N4S2/c1-2-22(18(24)21-16-11-7-4-8-12-16)14-13-19-17(23)20-15-9-5-3-6-10-15/h3-12H,2,13-14H2,1H3,(H,21,24)(H2,19,20,23). The van der Waals surface area contributed by atoms with Crippen molar-refractivity contribution in [2.45, 2.75) is 6.92 Å². The molecule has 6 heteroatoms. The molecule has 2 aromatic rings. The summed E-state index contributed by atoms with van der Waals surface area (Å²) in [5.74, 6) is 0. The Labute approximate surface area is 154 Å². The Morgan fingerprint density at radius 1 is 0.875 bits per heavy atom. The van der Waals surface area contributed by atoms with Crippen LogP contribution < -0.4 is 16.0 Å². The normalized spacial score (nSPS) is 9.88. The number of nitrogens with one attached hydrogen (secondary N) is 3. The van der Waals surface area contributed by atoms with Crippen LogP contribution in [-0.4, -0.2) is 34.8 Å². The maximum Gasteiger partial charge on any atom is 0.173 e. The molecule has 3 N–H and O–H groups in total. The molecule has 24 heavy (non-hydrogen) atoms. The van der Waals surface area contributed by atoms with Gasteiger partial charge in [0.25, 0.3) is 0 Å². The summed E-state index contributed by atoms with van der Waals surface area (Å²) in [4.78, 5) is 2.10. The molecule has 0 radical (unpaired) electrons. The van der Waals surface area contributed by atoms with Crippen molar-refractivity contribution in [2.75, 3.05) is 30.3 Å². The molecule has 0 saturated carbocycles. The van der Waals surface area contributed by atoms with Gasteiger partial charge >= 0.3 is 0 Å². The van der Waals surface area contributed by atoms with E-state index in [1.54, 1.807) is 0 Å². The molecule has 0 aliphatic heterocycles. The predicted octanol–water partition coefficient (Wildman–Crippen LogP) is 3.69. The second kappa shape index (κ2) is 9.85. The van der Waals surface area contributed by atoms with Crippen molar-refractivity contribution in [2.24, 2.45) is 0 Å². The van der Waals surface area contributed by atoms with Crippen molar-refractivity contribution in [3.63, 3.8) is 0 Å². The highest BCUT2D eigenvalue weighted by atomic mass is 32.1. The molecular weight excluding hydrogens is 336 g/mol. The summed E-state index contributed by atoms with van der Waals surface area (Å²) in [7, 11) is 0. The maximum absolute atomic E-state index is 5.48. The minimum absolute atomic E-state index is 0.610. The molecule has 0 aliphatic carbocycles.